The summed E-state index contributed by atoms with van der Waals surface area (Å²) in [6.07, 6.45) is 0. The van der Waals surface area contributed by atoms with Gasteiger partial charge in [0.25, 0.3) is 0 Å². The summed E-state index contributed by atoms with van der Waals surface area (Å²) in [5.41, 5.74) is 0.382. The molecule has 6 nitrogen and oxygen atoms in total. The van der Waals surface area contributed by atoms with E-state index in [0.717, 1.165) is 0 Å². The number of rotatable bonds is 7. The smallest absolute Gasteiger partial charge is 0.241 e. The van der Waals surface area contributed by atoms with Gasteiger partial charge < -0.3 is 20.1 Å². The van der Waals surface area contributed by atoms with Crippen molar-refractivity contribution in [3.63, 3.8) is 0 Å². The van der Waals surface area contributed by atoms with Crippen LogP contribution in [0.25, 0.3) is 0 Å². The summed E-state index contributed by atoms with van der Waals surface area (Å²) in [5, 5.41) is 5.57. The van der Waals surface area contributed by atoms with Crippen LogP contribution in [-0.2, 0) is 9.59 Å². The highest BCUT2D eigenvalue weighted by atomic mass is 35.5. The average Bonchev–Trinajstić information content (AvgIpc) is 2.82. The van der Waals surface area contributed by atoms with E-state index in [9.17, 15) is 9.59 Å². The van der Waals surface area contributed by atoms with Crippen LogP contribution in [0.4, 0.5) is 11.4 Å². The fourth-order valence-corrected chi connectivity index (χ4v) is 4.69. The van der Waals surface area contributed by atoms with Gasteiger partial charge in [-0.15, -0.1) is 0 Å². The minimum atomic E-state index is -1.38. The van der Waals surface area contributed by atoms with Gasteiger partial charge >= 0.3 is 0 Å². The number of methoxy groups -OCH3 is 2. The zero-order chi connectivity index (χ0) is 25.9. The quantitative estimate of drug-likeness (QED) is 0.214. The van der Waals surface area contributed by atoms with Crippen molar-refractivity contribution in [3.05, 3.63) is 78.2 Å². The summed E-state index contributed by atoms with van der Waals surface area (Å²) < 4.78 is 10.5. The van der Waals surface area contributed by atoms with Gasteiger partial charge in [0.15, 0.2) is 11.5 Å². The molecule has 0 radical (unpaired) electrons. The SMILES string of the molecule is COc1c(Cl)cc(Cl)c(Cl)c1NC(=O)C(C(=O)Nc1c(Cl)c(Cl)cc(Cl)c1OC)c1ccccc1. The van der Waals surface area contributed by atoms with Crippen LogP contribution >= 0.6 is 69.6 Å². The highest BCUT2D eigenvalue weighted by molar-refractivity contribution is 6.47. The molecule has 184 valence electrons. The molecule has 2 N–H and O–H groups in total. The Morgan fingerprint density at radius 1 is 0.686 bits per heavy atom. The monoisotopic (exact) mass is 594 g/mol. The molecule has 12 heteroatoms. The number of carbonyl (C=O) groups excluding carboxylic acids is 2. The molecule has 0 aromatic heterocycles. The summed E-state index contributed by atoms with van der Waals surface area (Å²) in [7, 11) is 2.69. The van der Waals surface area contributed by atoms with Gasteiger partial charge in [-0.25, -0.2) is 0 Å². The zero-order valence-corrected chi connectivity index (χ0v) is 22.6. The topological polar surface area (TPSA) is 76.7 Å². The van der Waals surface area contributed by atoms with Crippen molar-refractivity contribution in [3.8, 4) is 11.5 Å². The molecule has 3 rings (SSSR count). The molecule has 35 heavy (non-hydrogen) atoms. The van der Waals surface area contributed by atoms with Crippen LogP contribution in [-0.4, -0.2) is 26.0 Å². The van der Waals surface area contributed by atoms with Crippen LogP contribution in [0, 0.1) is 0 Å². The lowest BCUT2D eigenvalue weighted by atomic mass is 9.96. The van der Waals surface area contributed by atoms with Crippen molar-refractivity contribution in [2.75, 3.05) is 24.9 Å². The van der Waals surface area contributed by atoms with Gasteiger partial charge in [0, 0.05) is 0 Å². The van der Waals surface area contributed by atoms with E-state index in [1.54, 1.807) is 30.3 Å². The Hall–Kier alpha value is -2.06. The average molecular weight is 597 g/mol. The Bertz CT molecular complexity index is 1210. The standard InChI is InChI=1S/C23H16Cl6N2O4/c1-34-20-13(26)8-11(24)16(28)18(20)30-22(32)15(10-6-4-3-5-7-10)23(33)31-19-17(29)12(25)9-14(27)21(19)35-2/h3-9,15H,1-2H3,(H,30,32)(H,31,33). The lowest BCUT2D eigenvalue weighted by Crippen LogP contribution is -2.32. The van der Waals surface area contributed by atoms with Gasteiger partial charge in [0.1, 0.15) is 17.3 Å². The van der Waals surface area contributed by atoms with E-state index in [1.807, 2.05) is 0 Å². The Morgan fingerprint density at radius 2 is 1.09 bits per heavy atom. The molecule has 0 bridgehead atoms. The van der Waals surface area contributed by atoms with E-state index in [0.29, 0.717) is 5.56 Å². The van der Waals surface area contributed by atoms with Crippen molar-refractivity contribution in [2.45, 2.75) is 5.92 Å². The number of hydrogen-bond donors (Lipinski definition) is 2. The van der Waals surface area contributed by atoms with Crippen LogP contribution in [0.1, 0.15) is 11.5 Å². The summed E-state index contributed by atoms with van der Waals surface area (Å²) in [5.74, 6) is -2.74. The van der Waals surface area contributed by atoms with Crippen LogP contribution in [0.2, 0.25) is 30.1 Å². The summed E-state index contributed by atoms with van der Waals surface area (Å²) in [6, 6.07) is 11.1. The van der Waals surface area contributed by atoms with Gasteiger partial charge in [-0.05, 0) is 17.7 Å². The second kappa shape index (κ2) is 11.8. The largest absolute Gasteiger partial charge is 0.493 e. The molecule has 3 aromatic rings. The number of benzene rings is 3. The first-order valence-corrected chi connectivity index (χ1v) is 12.0. The maximum atomic E-state index is 13.5. The third-order valence-electron chi connectivity index (χ3n) is 4.82. The van der Waals surface area contributed by atoms with E-state index in [1.165, 1.54) is 26.4 Å². The van der Waals surface area contributed by atoms with Crippen molar-refractivity contribution in [1.29, 1.82) is 0 Å². The number of nitrogens with one attached hydrogen (secondary N) is 2. The second-order valence-corrected chi connectivity index (χ2v) is 9.33. The van der Waals surface area contributed by atoms with Crippen LogP contribution in [0.5, 0.6) is 11.5 Å². The fraction of sp³-hybridized carbons (Fsp3) is 0.130. The van der Waals surface area contributed by atoms with E-state index in [2.05, 4.69) is 10.6 Å². The number of ether oxygens (including phenoxy) is 2. The minimum Gasteiger partial charge on any atom is -0.493 e. The van der Waals surface area contributed by atoms with E-state index in [-0.39, 0.29) is 53.0 Å². The summed E-state index contributed by atoms with van der Waals surface area (Å²) in [6.45, 7) is 0. The third kappa shape index (κ3) is 5.85. The summed E-state index contributed by atoms with van der Waals surface area (Å²) >= 11 is 37.2. The second-order valence-electron chi connectivity index (χ2n) is 6.95. The van der Waals surface area contributed by atoms with Gasteiger partial charge in [0.05, 0.1) is 44.4 Å². The molecule has 3 aromatic carbocycles. The highest BCUT2D eigenvalue weighted by Gasteiger charge is 2.32. The Balaban J connectivity index is 2.06. The van der Waals surface area contributed by atoms with E-state index < -0.39 is 17.7 Å². The lowest BCUT2D eigenvalue weighted by molar-refractivity contribution is -0.126. The molecule has 0 aliphatic rings. The molecule has 0 spiro atoms. The molecule has 0 fully saturated rings. The van der Waals surface area contributed by atoms with Crippen LogP contribution < -0.4 is 20.1 Å². The highest BCUT2D eigenvalue weighted by Crippen LogP contribution is 2.45. The Labute approximate surface area is 231 Å². The van der Waals surface area contributed by atoms with Crippen molar-refractivity contribution < 1.29 is 19.1 Å². The molecule has 0 atom stereocenters. The predicted octanol–water partition coefficient (Wildman–Crippen LogP) is 7.99. The van der Waals surface area contributed by atoms with Gasteiger partial charge in [0.2, 0.25) is 11.8 Å². The lowest BCUT2D eigenvalue weighted by Gasteiger charge is -2.21. The predicted molar refractivity (Wildman–Crippen MR) is 142 cm³/mol. The van der Waals surface area contributed by atoms with E-state index in [4.69, 9.17) is 79.1 Å². The molecular formula is C23H16Cl6N2O4. The van der Waals surface area contributed by atoms with Crippen molar-refractivity contribution in [2.24, 2.45) is 0 Å². The van der Waals surface area contributed by atoms with Crippen LogP contribution in [0.15, 0.2) is 42.5 Å². The third-order valence-corrected chi connectivity index (χ3v) is 6.95. The normalized spacial score (nSPS) is 10.8. The van der Waals surface area contributed by atoms with Gasteiger partial charge in [-0.1, -0.05) is 99.9 Å². The van der Waals surface area contributed by atoms with Gasteiger partial charge in [-0.2, -0.15) is 0 Å². The number of halogens is 6. The maximum Gasteiger partial charge on any atom is 0.241 e. The first kappa shape index (κ1) is 27.5. The minimum absolute atomic E-state index is 0.00631. The van der Waals surface area contributed by atoms with Gasteiger partial charge in [-0.3, -0.25) is 9.59 Å². The van der Waals surface area contributed by atoms with Crippen LogP contribution in [0.3, 0.4) is 0 Å². The molecule has 0 unspecified atom stereocenters. The Morgan fingerprint density at radius 3 is 1.46 bits per heavy atom. The number of hydrogen-bond acceptors (Lipinski definition) is 4. The Kier molecular flexibility index (Phi) is 9.27. The molecule has 2 amide bonds. The number of anilines is 2. The number of amides is 2. The van der Waals surface area contributed by atoms with Crippen molar-refractivity contribution in [1.82, 2.24) is 0 Å². The maximum absolute atomic E-state index is 13.5. The van der Waals surface area contributed by atoms with E-state index >= 15 is 0 Å². The molecule has 0 saturated carbocycles. The van der Waals surface area contributed by atoms with Crippen molar-refractivity contribution >= 4 is 92.8 Å². The number of carbonyl (C=O) groups is 2. The fourth-order valence-electron chi connectivity index (χ4n) is 3.24. The molecule has 0 heterocycles. The first-order valence-electron chi connectivity index (χ1n) is 9.70. The molecular weight excluding hydrogens is 581 g/mol. The molecule has 0 aliphatic heterocycles. The molecule has 0 saturated heterocycles. The molecule has 0 aliphatic carbocycles. The summed E-state index contributed by atoms with van der Waals surface area (Å²) in [4.78, 5) is 26.9. The first-order chi connectivity index (χ1) is 16.6. The zero-order valence-electron chi connectivity index (χ0n) is 18.0.